The van der Waals surface area contributed by atoms with Gasteiger partial charge in [0.2, 0.25) is 0 Å². The third-order valence-corrected chi connectivity index (χ3v) is 3.03. The molecule has 2 atom stereocenters. The van der Waals surface area contributed by atoms with Gasteiger partial charge in [-0.3, -0.25) is 0 Å². The Bertz CT molecular complexity index is 526. The molecule has 1 amide bonds. The second-order valence-corrected chi connectivity index (χ2v) is 6.15. The second-order valence-electron chi connectivity index (χ2n) is 6.15. The number of benzene rings is 1. The van der Waals surface area contributed by atoms with Crippen molar-refractivity contribution in [1.82, 2.24) is 5.32 Å². The lowest BCUT2D eigenvalue weighted by Gasteiger charge is -2.21. The van der Waals surface area contributed by atoms with Gasteiger partial charge in [-0.15, -0.1) is 0 Å². The Morgan fingerprint density at radius 3 is 2.48 bits per heavy atom. The summed E-state index contributed by atoms with van der Waals surface area (Å²) in [4.78, 5) is 11.5. The van der Waals surface area contributed by atoms with E-state index in [4.69, 9.17) is 9.47 Å². The van der Waals surface area contributed by atoms with Gasteiger partial charge < -0.3 is 30.1 Å². The normalized spacial score (nSPS) is 14.0. The highest BCUT2D eigenvalue weighted by molar-refractivity contribution is 5.67. The monoisotopic (exact) mass is 327 g/mol. The first-order valence-electron chi connectivity index (χ1n) is 7.34. The number of hydrogen-bond acceptors (Lipinski definition) is 6. The Morgan fingerprint density at radius 1 is 1.30 bits per heavy atom. The van der Waals surface area contributed by atoms with E-state index in [1.807, 2.05) is 0 Å². The zero-order valence-electron chi connectivity index (χ0n) is 13.9. The molecule has 0 aromatic heterocycles. The van der Waals surface area contributed by atoms with Crippen molar-refractivity contribution in [2.45, 2.75) is 45.0 Å². The number of hydrogen-bond donors (Lipinski definition) is 4. The minimum absolute atomic E-state index is 0.103. The number of ether oxygens (including phenoxy) is 2. The third kappa shape index (κ3) is 6.33. The maximum Gasteiger partial charge on any atom is 0.407 e. The quantitative estimate of drug-likeness (QED) is 0.633. The van der Waals surface area contributed by atoms with Crippen molar-refractivity contribution in [1.29, 1.82) is 0 Å². The van der Waals surface area contributed by atoms with Crippen LogP contribution in [-0.2, 0) is 4.74 Å². The first-order valence-corrected chi connectivity index (χ1v) is 7.34. The SMILES string of the molecule is COc1ccc(C(O)C(O)CCNC(=O)OC(C)(C)C)c(O)c1. The topological polar surface area (TPSA) is 108 Å². The van der Waals surface area contributed by atoms with E-state index >= 15 is 0 Å². The molecular formula is C16H25NO6. The van der Waals surface area contributed by atoms with E-state index in [0.717, 1.165) is 0 Å². The van der Waals surface area contributed by atoms with Gasteiger partial charge in [-0.25, -0.2) is 4.79 Å². The van der Waals surface area contributed by atoms with Crippen LogP contribution in [0.4, 0.5) is 4.79 Å². The lowest BCUT2D eigenvalue weighted by Crippen LogP contribution is -2.34. The summed E-state index contributed by atoms with van der Waals surface area (Å²) < 4.78 is 10.0. The number of phenols is 1. The maximum atomic E-state index is 11.5. The molecule has 1 aromatic rings. The highest BCUT2D eigenvalue weighted by Crippen LogP contribution is 2.30. The molecule has 0 fully saturated rings. The molecular weight excluding hydrogens is 302 g/mol. The van der Waals surface area contributed by atoms with E-state index in [2.05, 4.69) is 5.32 Å². The Morgan fingerprint density at radius 2 is 1.96 bits per heavy atom. The van der Waals surface area contributed by atoms with Gasteiger partial charge in [-0.1, -0.05) is 0 Å². The smallest absolute Gasteiger partial charge is 0.407 e. The minimum Gasteiger partial charge on any atom is -0.507 e. The van der Waals surface area contributed by atoms with Crippen molar-refractivity contribution in [3.8, 4) is 11.5 Å². The number of carbonyl (C=O) groups excluding carboxylic acids is 1. The second kappa shape index (κ2) is 8.03. The van der Waals surface area contributed by atoms with Crippen molar-refractivity contribution in [2.24, 2.45) is 0 Å². The molecule has 1 aromatic carbocycles. The molecule has 7 nitrogen and oxygen atoms in total. The number of aliphatic hydroxyl groups excluding tert-OH is 2. The van der Waals surface area contributed by atoms with Crippen LogP contribution in [0.1, 0.15) is 38.9 Å². The van der Waals surface area contributed by atoms with E-state index in [1.54, 1.807) is 26.8 Å². The average Bonchev–Trinajstić information content (AvgIpc) is 2.44. The number of carbonyl (C=O) groups is 1. The molecule has 0 aliphatic carbocycles. The van der Waals surface area contributed by atoms with Crippen LogP contribution in [0.25, 0.3) is 0 Å². The Balaban J connectivity index is 2.51. The number of alkyl carbamates (subject to hydrolysis) is 1. The number of aromatic hydroxyl groups is 1. The number of aliphatic hydroxyl groups is 2. The lowest BCUT2D eigenvalue weighted by atomic mass is 10.0. The largest absolute Gasteiger partial charge is 0.507 e. The molecule has 1 rings (SSSR count). The van der Waals surface area contributed by atoms with Crippen LogP contribution in [0.2, 0.25) is 0 Å². The van der Waals surface area contributed by atoms with Gasteiger partial charge in [-0.2, -0.15) is 0 Å². The van der Waals surface area contributed by atoms with Crippen LogP contribution in [0.5, 0.6) is 11.5 Å². The molecule has 0 heterocycles. The summed E-state index contributed by atoms with van der Waals surface area (Å²) in [6.45, 7) is 5.37. The summed E-state index contributed by atoms with van der Waals surface area (Å²) in [6.07, 6.45) is -2.91. The number of phenolic OH excluding ortho intramolecular Hbond substituents is 1. The van der Waals surface area contributed by atoms with Crippen LogP contribution in [0.3, 0.4) is 0 Å². The molecule has 0 bridgehead atoms. The van der Waals surface area contributed by atoms with Crippen molar-refractivity contribution in [3.05, 3.63) is 23.8 Å². The summed E-state index contributed by atoms with van der Waals surface area (Å²) in [5.41, 5.74) is -0.410. The zero-order chi connectivity index (χ0) is 17.6. The van der Waals surface area contributed by atoms with Crippen molar-refractivity contribution >= 4 is 6.09 Å². The fraction of sp³-hybridized carbons (Fsp3) is 0.562. The summed E-state index contributed by atoms with van der Waals surface area (Å²) in [5, 5.41) is 32.4. The standard InChI is InChI=1S/C16H25NO6/c1-16(2,3)23-15(21)17-8-7-12(18)14(20)11-6-5-10(22-4)9-13(11)19/h5-6,9,12,14,18-20H,7-8H2,1-4H3,(H,17,21). The molecule has 2 unspecified atom stereocenters. The lowest BCUT2D eigenvalue weighted by molar-refractivity contribution is 0.0110. The molecule has 0 spiro atoms. The van der Waals surface area contributed by atoms with Crippen LogP contribution in [0, 0.1) is 0 Å². The van der Waals surface area contributed by atoms with Gasteiger partial charge >= 0.3 is 6.09 Å². The van der Waals surface area contributed by atoms with Crippen molar-refractivity contribution < 1.29 is 29.6 Å². The fourth-order valence-corrected chi connectivity index (χ4v) is 1.90. The maximum absolute atomic E-state index is 11.5. The molecule has 0 aliphatic heterocycles. The molecule has 4 N–H and O–H groups in total. The molecule has 130 valence electrons. The van der Waals surface area contributed by atoms with Crippen molar-refractivity contribution in [2.75, 3.05) is 13.7 Å². The van der Waals surface area contributed by atoms with Crippen LogP contribution >= 0.6 is 0 Å². The van der Waals surface area contributed by atoms with Gasteiger partial charge in [-0.05, 0) is 39.3 Å². The Labute approximate surface area is 135 Å². The highest BCUT2D eigenvalue weighted by atomic mass is 16.6. The van der Waals surface area contributed by atoms with Gasteiger partial charge in [0.1, 0.15) is 23.2 Å². The van der Waals surface area contributed by atoms with Gasteiger partial charge in [0, 0.05) is 18.2 Å². The van der Waals surface area contributed by atoms with E-state index in [0.29, 0.717) is 5.75 Å². The molecule has 0 saturated carbocycles. The van der Waals surface area contributed by atoms with E-state index in [1.165, 1.54) is 19.2 Å². The third-order valence-electron chi connectivity index (χ3n) is 3.03. The van der Waals surface area contributed by atoms with Gasteiger partial charge in [0.15, 0.2) is 0 Å². The zero-order valence-corrected chi connectivity index (χ0v) is 13.9. The van der Waals surface area contributed by atoms with Gasteiger partial charge in [0.05, 0.1) is 13.2 Å². The van der Waals surface area contributed by atoms with Crippen LogP contribution in [-0.4, -0.2) is 46.8 Å². The Hall–Kier alpha value is -1.99. The number of methoxy groups -OCH3 is 1. The van der Waals surface area contributed by atoms with Crippen LogP contribution < -0.4 is 10.1 Å². The van der Waals surface area contributed by atoms with E-state index < -0.39 is 23.9 Å². The fourth-order valence-electron chi connectivity index (χ4n) is 1.90. The van der Waals surface area contributed by atoms with E-state index in [9.17, 15) is 20.1 Å². The Kier molecular flexibility index (Phi) is 6.65. The number of nitrogens with one attached hydrogen (secondary N) is 1. The van der Waals surface area contributed by atoms with Crippen molar-refractivity contribution in [3.63, 3.8) is 0 Å². The first kappa shape index (κ1) is 19.1. The van der Waals surface area contributed by atoms with Gasteiger partial charge in [0.25, 0.3) is 0 Å². The summed E-state index contributed by atoms with van der Waals surface area (Å²) in [5.74, 6) is 0.274. The first-order chi connectivity index (χ1) is 10.6. The predicted octanol–water partition coefficient (Wildman–Crippen LogP) is 1.71. The molecule has 23 heavy (non-hydrogen) atoms. The summed E-state index contributed by atoms with van der Waals surface area (Å²) in [6, 6.07) is 4.40. The predicted molar refractivity (Wildman–Crippen MR) is 84.5 cm³/mol. The number of amides is 1. The number of rotatable bonds is 6. The minimum atomic E-state index is -1.28. The van der Waals surface area contributed by atoms with E-state index in [-0.39, 0.29) is 24.3 Å². The molecule has 0 aliphatic rings. The van der Waals surface area contributed by atoms with Crippen LogP contribution in [0.15, 0.2) is 18.2 Å². The summed E-state index contributed by atoms with van der Waals surface area (Å²) >= 11 is 0. The molecule has 0 saturated heterocycles. The summed E-state index contributed by atoms with van der Waals surface area (Å²) in [7, 11) is 1.46. The molecule has 7 heteroatoms. The average molecular weight is 327 g/mol. The highest BCUT2D eigenvalue weighted by Gasteiger charge is 2.22. The molecule has 0 radical (unpaired) electrons.